The number of hydrogen-bond donors (Lipinski definition) is 1. The third-order valence-corrected chi connectivity index (χ3v) is 3.27. The first-order chi connectivity index (χ1) is 8.65. The van der Waals surface area contributed by atoms with Crippen LogP contribution in [0.3, 0.4) is 0 Å². The molecule has 1 fully saturated rings. The smallest absolute Gasteiger partial charge is 0.126 e. The average molecular weight is 252 g/mol. The van der Waals surface area contributed by atoms with Crippen LogP contribution in [0.15, 0.2) is 18.2 Å². The Hall–Kier alpha value is -0.970. The number of benzene rings is 1. The first-order valence-electron chi connectivity index (χ1n) is 6.41. The Bertz CT molecular complexity index is 397. The molecule has 4 heteroatoms. The van der Waals surface area contributed by atoms with E-state index in [-0.39, 0.29) is 11.9 Å². The molecule has 0 saturated carbocycles. The van der Waals surface area contributed by atoms with Crippen molar-refractivity contribution in [2.75, 3.05) is 33.3 Å². The number of nitrogens with zero attached hydrogens (tertiary/aromatic N) is 1. The fourth-order valence-electron chi connectivity index (χ4n) is 2.18. The van der Waals surface area contributed by atoms with E-state index in [9.17, 15) is 4.39 Å². The molecule has 2 rings (SSSR count). The van der Waals surface area contributed by atoms with Gasteiger partial charge in [-0.15, -0.1) is 0 Å². The van der Waals surface area contributed by atoms with Gasteiger partial charge in [0.05, 0.1) is 12.7 Å². The Labute approximate surface area is 108 Å². The number of hydrogen-bond acceptors (Lipinski definition) is 3. The lowest BCUT2D eigenvalue weighted by Crippen LogP contribution is -2.44. The summed E-state index contributed by atoms with van der Waals surface area (Å²) in [4.78, 5) is 2.28. The van der Waals surface area contributed by atoms with Crippen LogP contribution >= 0.6 is 0 Å². The lowest BCUT2D eigenvalue weighted by Gasteiger charge is -2.30. The topological polar surface area (TPSA) is 24.5 Å². The lowest BCUT2D eigenvalue weighted by molar-refractivity contribution is -0.0182. The molecule has 1 atom stereocenters. The molecule has 1 N–H and O–H groups in total. The van der Waals surface area contributed by atoms with Crippen LogP contribution < -0.4 is 5.32 Å². The molecular formula is C14H21FN2O. The molecule has 1 heterocycles. The molecule has 100 valence electrons. The lowest BCUT2D eigenvalue weighted by atomic mass is 10.1. The normalized spacial score (nSPS) is 21.2. The van der Waals surface area contributed by atoms with E-state index in [2.05, 4.69) is 17.3 Å². The van der Waals surface area contributed by atoms with Crippen LogP contribution in [0.4, 0.5) is 4.39 Å². The third-order valence-electron chi connectivity index (χ3n) is 3.27. The first kappa shape index (κ1) is 13.5. The van der Waals surface area contributed by atoms with E-state index in [0.717, 1.165) is 38.3 Å². The second kappa shape index (κ2) is 6.27. The first-order valence-corrected chi connectivity index (χ1v) is 6.41. The van der Waals surface area contributed by atoms with Gasteiger partial charge in [-0.05, 0) is 31.2 Å². The molecule has 0 aliphatic carbocycles. The van der Waals surface area contributed by atoms with Gasteiger partial charge in [0.2, 0.25) is 0 Å². The van der Waals surface area contributed by atoms with E-state index in [4.69, 9.17) is 4.74 Å². The molecule has 3 nitrogen and oxygen atoms in total. The monoisotopic (exact) mass is 252 g/mol. The minimum atomic E-state index is -0.143. The quantitative estimate of drug-likeness (QED) is 0.880. The Morgan fingerprint density at radius 2 is 2.33 bits per heavy atom. The summed E-state index contributed by atoms with van der Waals surface area (Å²) in [7, 11) is 2.11. The van der Waals surface area contributed by atoms with E-state index in [0.29, 0.717) is 5.56 Å². The number of ether oxygens (including phenoxy) is 1. The molecule has 1 aliphatic heterocycles. The fraction of sp³-hybridized carbons (Fsp3) is 0.571. The van der Waals surface area contributed by atoms with Crippen LogP contribution in [-0.2, 0) is 11.3 Å². The Kier molecular flexibility index (Phi) is 4.69. The summed E-state index contributed by atoms with van der Waals surface area (Å²) in [5.74, 6) is -0.143. The van der Waals surface area contributed by atoms with E-state index in [1.807, 2.05) is 12.1 Å². The largest absolute Gasteiger partial charge is 0.374 e. The van der Waals surface area contributed by atoms with Crippen molar-refractivity contribution in [3.63, 3.8) is 0 Å². The summed E-state index contributed by atoms with van der Waals surface area (Å²) in [6.45, 7) is 6.16. The Morgan fingerprint density at radius 1 is 1.50 bits per heavy atom. The minimum Gasteiger partial charge on any atom is -0.374 e. The molecular weight excluding hydrogens is 231 g/mol. The van der Waals surface area contributed by atoms with Crippen molar-refractivity contribution in [2.24, 2.45) is 0 Å². The molecule has 0 amide bonds. The molecule has 0 spiro atoms. The van der Waals surface area contributed by atoms with Crippen molar-refractivity contribution >= 4 is 0 Å². The molecule has 1 aromatic carbocycles. The minimum absolute atomic E-state index is 0.143. The van der Waals surface area contributed by atoms with Gasteiger partial charge in [0, 0.05) is 26.2 Å². The van der Waals surface area contributed by atoms with Crippen molar-refractivity contribution in [1.82, 2.24) is 10.2 Å². The zero-order valence-electron chi connectivity index (χ0n) is 11.1. The maximum absolute atomic E-state index is 13.1. The maximum Gasteiger partial charge on any atom is 0.126 e. The van der Waals surface area contributed by atoms with Gasteiger partial charge in [-0.3, -0.25) is 0 Å². The second-order valence-corrected chi connectivity index (χ2v) is 4.97. The van der Waals surface area contributed by atoms with Crippen molar-refractivity contribution in [1.29, 1.82) is 0 Å². The molecule has 1 saturated heterocycles. The summed E-state index contributed by atoms with van der Waals surface area (Å²) in [6, 6.07) is 5.23. The number of halogens is 1. The van der Waals surface area contributed by atoms with Gasteiger partial charge in [-0.25, -0.2) is 4.39 Å². The van der Waals surface area contributed by atoms with Crippen LogP contribution in [0, 0.1) is 12.7 Å². The molecule has 1 aliphatic rings. The highest BCUT2D eigenvalue weighted by atomic mass is 19.1. The number of nitrogens with one attached hydrogen (secondary N) is 1. The second-order valence-electron chi connectivity index (χ2n) is 4.97. The van der Waals surface area contributed by atoms with Gasteiger partial charge in [-0.2, -0.15) is 0 Å². The van der Waals surface area contributed by atoms with Crippen molar-refractivity contribution < 1.29 is 9.13 Å². The van der Waals surface area contributed by atoms with E-state index in [1.165, 1.54) is 6.07 Å². The van der Waals surface area contributed by atoms with E-state index >= 15 is 0 Å². The summed E-state index contributed by atoms with van der Waals surface area (Å²) in [5, 5.41) is 3.36. The average Bonchev–Trinajstić information content (AvgIpc) is 2.34. The maximum atomic E-state index is 13.1. The molecule has 0 bridgehead atoms. The number of rotatable bonds is 4. The van der Waals surface area contributed by atoms with Crippen LogP contribution in [0.25, 0.3) is 0 Å². The summed E-state index contributed by atoms with van der Waals surface area (Å²) >= 11 is 0. The molecule has 1 aromatic rings. The molecule has 1 unspecified atom stereocenters. The van der Waals surface area contributed by atoms with Crippen LogP contribution in [0.2, 0.25) is 0 Å². The summed E-state index contributed by atoms with van der Waals surface area (Å²) < 4.78 is 18.8. The summed E-state index contributed by atoms with van der Waals surface area (Å²) in [5.41, 5.74) is 1.81. The zero-order chi connectivity index (χ0) is 13.0. The standard InChI is InChI=1S/C14H21FN2O/c1-11-7-12(3-4-14(11)15)8-16-9-13-10-17(2)5-6-18-13/h3-4,7,13,16H,5-6,8-10H2,1-2H3. The van der Waals surface area contributed by atoms with Gasteiger partial charge >= 0.3 is 0 Å². The van der Waals surface area contributed by atoms with Crippen LogP contribution in [0.1, 0.15) is 11.1 Å². The highest BCUT2D eigenvalue weighted by Gasteiger charge is 2.16. The van der Waals surface area contributed by atoms with E-state index in [1.54, 1.807) is 6.92 Å². The Balaban J connectivity index is 1.76. The molecule has 0 aromatic heterocycles. The van der Waals surface area contributed by atoms with Gasteiger partial charge in [0.25, 0.3) is 0 Å². The van der Waals surface area contributed by atoms with Crippen LogP contribution in [-0.4, -0.2) is 44.3 Å². The SMILES string of the molecule is Cc1cc(CNCC2CN(C)CCO2)ccc1F. The van der Waals surface area contributed by atoms with Crippen molar-refractivity contribution in [2.45, 2.75) is 19.6 Å². The number of likely N-dealkylation sites (N-methyl/N-ethyl adjacent to an activating group) is 1. The van der Waals surface area contributed by atoms with Gasteiger partial charge in [-0.1, -0.05) is 12.1 Å². The van der Waals surface area contributed by atoms with Crippen LogP contribution in [0.5, 0.6) is 0 Å². The third kappa shape index (κ3) is 3.77. The van der Waals surface area contributed by atoms with Gasteiger partial charge in [0.15, 0.2) is 0 Å². The highest BCUT2D eigenvalue weighted by Crippen LogP contribution is 2.09. The van der Waals surface area contributed by atoms with Gasteiger partial charge < -0.3 is 15.0 Å². The van der Waals surface area contributed by atoms with Crippen molar-refractivity contribution in [3.8, 4) is 0 Å². The number of morpholine rings is 1. The van der Waals surface area contributed by atoms with Crippen molar-refractivity contribution in [3.05, 3.63) is 35.1 Å². The van der Waals surface area contributed by atoms with Gasteiger partial charge in [0.1, 0.15) is 5.82 Å². The predicted molar refractivity (Wildman–Crippen MR) is 70.1 cm³/mol. The fourth-order valence-corrected chi connectivity index (χ4v) is 2.18. The van der Waals surface area contributed by atoms with E-state index < -0.39 is 0 Å². The predicted octanol–water partition coefficient (Wildman–Crippen LogP) is 1.55. The number of aryl methyl sites for hydroxylation is 1. The molecule has 18 heavy (non-hydrogen) atoms. The Morgan fingerprint density at radius 3 is 3.06 bits per heavy atom. The highest BCUT2D eigenvalue weighted by molar-refractivity contribution is 5.23. The zero-order valence-corrected chi connectivity index (χ0v) is 11.1. The molecule has 0 radical (unpaired) electrons. The summed E-state index contributed by atoms with van der Waals surface area (Å²) in [6.07, 6.45) is 0.255.